The van der Waals surface area contributed by atoms with E-state index in [9.17, 15) is 2.74 Å². The molecule has 0 saturated carbocycles. The van der Waals surface area contributed by atoms with Gasteiger partial charge >= 0.3 is 0 Å². The van der Waals surface area contributed by atoms with Gasteiger partial charge in [0.25, 0.3) is 0 Å². The molecule has 3 heterocycles. The number of hydrogen-bond donors (Lipinski definition) is 0. The first-order valence-electron chi connectivity index (χ1n) is 22.1. The van der Waals surface area contributed by atoms with Crippen molar-refractivity contribution in [3.63, 3.8) is 0 Å². The van der Waals surface area contributed by atoms with Crippen molar-refractivity contribution in [3.8, 4) is 51.0 Å². The van der Waals surface area contributed by atoms with E-state index in [4.69, 9.17) is 29.5 Å². The van der Waals surface area contributed by atoms with E-state index in [-0.39, 0.29) is 56.1 Å². The number of aromatic nitrogens is 4. The van der Waals surface area contributed by atoms with Crippen LogP contribution in [0.15, 0.2) is 174 Å². The lowest BCUT2D eigenvalue weighted by Crippen LogP contribution is -2.04. The summed E-state index contributed by atoms with van der Waals surface area (Å²) in [6.45, 7) is 0. The molecule has 5 heteroatoms. The van der Waals surface area contributed by atoms with Crippen molar-refractivity contribution >= 4 is 43.7 Å². The zero-order valence-corrected chi connectivity index (χ0v) is 25.9. The third-order valence-electron chi connectivity index (χ3n) is 8.62. The second-order valence-corrected chi connectivity index (χ2v) is 11.5. The van der Waals surface area contributed by atoms with Gasteiger partial charge in [-0.1, -0.05) is 133 Å². The molecule has 50 heavy (non-hydrogen) atoms. The Kier molecular flexibility index (Phi) is 4.12. The minimum absolute atomic E-state index is 0.0627. The lowest BCUT2D eigenvalue weighted by molar-refractivity contribution is 0.669. The van der Waals surface area contributed by atoms with Crippen LogP contribution in [-0.2, 0) is 0 Å². The fourth-order valence-electron chi connectivity index (χ4n) is 6.44. The van der Waals surface area contributed by atoms with Crippen LogP contribution in [0.1, 0.15) is 17.8 Å². The number of hydrogen-bond acceptors (Lipinski definition) is 4. The summed E-state index contributed by atoms with van der Waals surface area (Å²) in [6, 6.07) is 19.7. The van der Waals surface area contributed by atoms with Gasteiger partial charge in [0.2, 0.25) is 0 Å². The van der Waals surface area contributed by atoms with E-state index in [2.05, 4.69) is 4.98 Å². The van der Waals surface area contributed by atoms with Crippen LogP contribution in [0, 0.1) is 0 Å². The molecule has 3 aromatic heterocycles. The van der Waals surface area contributed by atoms with E-state index in [1.165, 1.54) is 4.57 Å². The highest BCUT2D eigenvalue weighted by Gasteiger charge is 2.21. The third kappa shape index (κ3) is 4.52. The van der Waals surface area contributed by atoms with Crippen molar-refractivity contribution in [2.75, 3.05) is 0 Å². The van der Waals surface area contributed by atoms with Gasteiger partial charge in [-0.25, -0.2) is 15.0 Å². The predicted molar refractivity (Wildman–Crippen MR) is 203 cm³/mol. The Labute approximate surface area is 306 Å². The monoisotopic (exact) mass is 653 g/mol. The molecule has 234 valence electrons. The normalized spacial score (nSPS) is 15.2. The maximum Gasteiger partial charge on any atom is 0.166 e. The summed E-state index contributed by atoms with van der Waals surface area (Å²) in [6.07, 6.45) is 0. The maximum absolute atomic E-state index is 9.22. The van der Waals surface area contributed by atoms with Crippen LogP contribution in [-0.4, -0.2) is 19.5 Å². The summed E-state index contributed by atoms with van der Waals surface area (Å²) in [7, 11) is 0. The van der Waals surface area contributed by atoms with Crippen molar-refractivity contribution in [2.24, 2.45) is 0 Å². The Bertz CT molecular complexity index is 3520. The predicted octanol–water partition coefficient (Wildman–Crippen LogP) is 11.5. The molecule has 0 aliphatic rings. The zero-order chi connectivity index (χ0) is 44.3. The average molecular weight is 654 g/mol. The van der Waals surface area contributed by atoms with Gasteiger partial charge in [0.15, 0.2) is 17.5 Å². The van der Waals surface area contributed by atoms with Crippen LogP contribution >= 0.6 is 0 Å². The first-order chi connectivity index (χ1) is 30.2. The van der Waals surface area contributed by atoms with Gasteiger partial charge in [0, 0.05) is 38.2 Å². The SMILES string of the molecule is [2H]c1c([2H])c([2H])c(-c2nc(-c3ccccc3)nc(-c3cc(-c4cccc5oc6ccccc6c45)ccc3-n3c4c([2H])c([2H])c([2H])c([2H])c4c4c([2H])c([2H])c([2H])c([2H])c43)n2)c([2H])c1[2H]. The highest BCUT2D eigenvalue weighted by atomic mass is 16.3. The van der Waals surface area contributed by atoms with Crippen LogP contribution in [0.5, 0.6) is 0 Å². The molecule has 10 aromatic rings. The number of rotatable bonds is 5. The molecule has 0 spiro atoms. The molecule has 0 fully saturated rings. The molecule has 0 amide bonds. The van der Waals surface area contributed by atoms with Crippen LogP contribution in [0.3, 0.4) is 0 Å². The summed E-state index contributed by atoms with van der Waals surface area (Å²) >= 11 is 0. The number of fused-ring (bicyclic) bond motifs is 6. The number of furan rings is 1. The molecule has 0 atom stereocenters. The van der Waals surface area contributed by atoms with Gasteiger partial charge in [0.1, 0.15) is 11.2 Å². The molecule has 10 rings (SSSR count). The topological polar surface area (TPSA) is 56.7 Å². The zero-order valence-electron chi connectivity index (χ0n) is 38.9. The minimum atomic E-state index is -0.609. The summed E-state index contributed by atoms with van der Waals surface area (Å²) in [5, 5.41) is 1.35. The number of nitrogens with zero attached hydrogens (tertiary/aromatic N) is 4. The van der Waals surface area contributed by atoms with E-state index in [0.717, 1.165) is 16.3 Å². The minimum Gasteiger partial charge on any atom is -0.456 e. The molecule has 0 bridgehead atoms. The molecule has 0 N–H and O–H groups in total. The molecular weight excluding hydrogens is 613 g/mol. The van der Waals surface area contributed by atoms with E-state index in [1.54, 1.807) is 48.5 Å². The fraction of sp³-hybridized carbons (Fsp3) is 0. The van der Waals surface area contributed by atoms with E-state index >= 15 is 0 Å². The first kappa shape index (κ1) is 18.1. The first-order valence-corrected chi connectivity index (χ1v) is 15.6. The lowest BCUT2D eigenvalue weighted by atomic mass is 9.96. The van der Waals surface area contributed by atoms with Crippen LogP contribution in [0.4, 0.5) is 0 Å². The van der Waals surface area contributed by atoms with Gasteiger partial charge in [0.05, 0.1) is 34.5 Å². The van der Waals surface area contributed by atoms with Crippen LogP contribution in [0.2, 0.25) is 0 Å². The average Bonchev–Trinajstić information content (AvgIpc) is 3.87. The summed E-state index contributed by atoms with van der Waals surface area (Å²) in [4.78, 5) is 14.4. The smallest absolute Gasteiger partial charge is 0.166 e. The van der Waals surface area contributed by atoms with Crippen molar-refractivity contribution in [1.29, 1.82) is 0 Å². The summed E-state index contributed by atoms with van der Waals surface area (Å²) in [5.41, 5.74) is 2.80. The Hall–Kier alpha value is -6.85. The summed E-state index contributed by atoms with van der Waals surface area (Å²) in [5.74, 6) is -0.294. The third-order valence-corrected chi connectivity index (χ3v) is 8.62. The van der Waals surface area contributed by atoms with Gasteiger partial charge in [-0.15, -0.1) is 0 Å². The van der Waals surface area contributed by atoms with Gasteiger partial charge in [-0.3, -0.25) is 0 Å². The van der Waals surface area contributed by atoms with Gasteiger partial charge < -0.3 is 8.98 Å². The van der Waals surface area contributed by atoms with E-state index in [1.807, 2.05) is 42.5 Å². The fourth-order valence-corrected chi connectivity index (χ4v) is 6.44. The Morgan fingerprint density at radius 2 is 1.10 bits per heavy atom. The Morgan fingerprint density at radius 1 is 0.460 bits per heavy atom. The molecular formula is C45H28N4O. The molecule has 5 nitrogen and oxygen atoms in total. The van der Waals surface area contributed by atoms with Crippen molar-refractivity contribution in [1.82, 2.24) is 19.5 Å². The highest BCUT2D eigenvalue weighted by molar-refractivity contribution is 6.13. The largest absolute Gasteiger partial charge is 0.456 e. The Morgan fingerprint density at radius 3 is 1.88 bits per heavy atom. The maximum atomic E-state index is 9.22. The summed E-state index contributed by atoms with van der Waals surface area (Å²) < 4.78 is 122. The molecule has 0 aliphatic heterocycles. The van der Waals surface area contributed by atoms with E-state index in [0.29, 0.717) is 22.3 Å². The van der Waals surface area contributed by atoms with Gasteiger partial charge in [-0.05, 0) is 47.5 Å². The standard InChI is InChI=1S/C45H28N4O/c1-3-14-29(15-4-1)43-46-44(30-16-5-2-6-17-30)48-45(47-43)36-28-31(32-21-13-25-41-42(32)35-20-9-12-24-40(35)50-41)26-27-39(36)49-37-22-10-7-18-33(37)34-19-8-11-23-38(34)49/h1-28H/i1D,3D,4D,7D,8D,10D,11D,14D,15D,18D,19D,22D,23D. The van der Waals surface area contributed by atoms with Crippen molar-refractivity contribution < 1.29 is 22.2 Å². The quantitative estimate of drug-likeness (QED) is 0.185. The van der Waals surface area contributed by atoms with Gasteiger partial charge in [-0.2, -0.15) is 0 Å². The molecule has 7 aromatic carbocycles. The molecule has 0 unspecified atom stereocenters. The molecule has 0 aliphatic carbocycles. The van der Waals surface area contributed by atoms with Crippen molar-refractivity contribution in [3.05, 3.63) is 170 Å². The molecule has 0 saturated heterocycles. The van der Waals surface area contributed by atoms with Crippen LogP contribution < -0.4 is 0 Å². The number of para-hydroxylation sites is 3. The highest BCUT2D eigenvalue weighted by Crippen LogP contribution is 2.41. The van der Waals surface area contributed by atoms with Crippen molar-refractivity contribution in [2.45, 2.75) is 0 Å². The number of benzene rings is 7. The van der Waals surface area contributed by atoms with E-state index < -0.39 is 78.6 Å². The second-order valence-electron chi connectivity index (χ2n) is 11.5. The second kappa shape index (κ2) is 11.4. The van der Waals surface area contributed by atoms with Crippen LogP contribution in [0.25, 0.3) is 94.7 Å². The lowest BCUT2D eigenvalue weighted by Gasteiger charge is -2.16. The Balaban J connectivity index is 1.40. The molecule has 0 radical (unpaired) electrons.